The Kier molecular flexibility index (Phi) is 7.60. The number of benzene rings is 2. The van der Waals surface area contributed by atoms with Gasteiger partial charge in [0, 0.05) is 26.1 Å². The lowest BCUT2D eigenvalue weighted by Gasteiger charge is -2.46. The first-order chi connectivity index (χ1) is 15.6. The van der Waals surface area contributed by atoms with Crippen molar-refractivity contribution in [3.05, 3.63) is 60.4 Å². The Morgan fingerprint density at radius 1 is 1.00 bits per heavy atom. The predicted molar refractivity (Wildman–Crippen MR) is 117 cm³/mol. The molecule has 0 saturated carbocycles. The molecule has 2 saturated heterocycles. The van der Waals surface area contributed by atoms with Gasteiger partial charge in [-0.25, -0.2) is 4.39 Å². The molecule has 2 fully saturated rings. The van der Waals surface area contributed by atoms with Gasteiger partial charge in [0.2, 0.25) is 0 Å². The Morgan fingerprint density at radius 2 is 1.72 bits per heavy atom. The highest BCUT2D eigenvalue weighted by Gasteiger charge is 2.41. The predicted octanol–water partition coefficient (Wildman–Crippen LogP) is 3.84. The molecule has 2 aromatic rings. The molecule has 6 nitrogen and oxygen atoms in total. The molecular formula is C25H30FNO5. The van der Waals surface area contributed by atoms with Gasteiger partial charge in [-0.3, -0.25) is 4.79 Å². The molecule has 2 aliphatic heterocycles. The number of ether oxygens (including phenoxy) is 4. The van der Waals surface area contributed by atoms with E-state index in [-0.39, 0.29) is 30.0 Å². The van der Waals surface area contributed by atoms with E-state index in [4.69, 9.17) is 18.9 Å². The molecule has 1 unspecified atom stereocenters. The monoisotopic (exact) mass is 443 g/mol. The third-order valence-corrected chi connectivity index (χ3v) is 6.10. The Labute approximate surface area is 188 Å². The molecule has 172 valence electrons. The van der Waals surface area contributed by atoms with Crippen LogP contribution in [0.25, 0.3) is 0 Å². The van der Waals surface area contributed by atoms with Crippen molar-refractivity contribution in [1.29, 1.82) is 0 Å². The lowest BCUT2D eigenvalue weighted by molar-refractivity contribution is -0.163. The van der Waals surface area contributed by atoms with Crippen LogP contribution in [0.1, 0.15) is 25.7 Å². The summed E-state index contributed by atoms with van der Waals surface area (Å²) in [5.74, 6) is 0.939. The summed E-state index contributed by atoms with van der Waals surface area (Å²) < 4.78 is 36.4. The molecular weight excluding hydrogens is 413 g/mol. The summed E-state index contributed by atoms with van der Waals surface area (Å²) in [4.78, 5) is 14.3. The lowest BCUT2D eigenvalue weighted by atomic mass is 9.83. The summed E-state index contributed by atoms with van der Waals surface area (Å²) in [5.41, 5.74) is -0.224. The highest BCUT2D eigenvalue weighted by molar-refractivity contribution is 5.77. The van der Waals surface area contributed by atoms with Gasteiger partial charge in [-0.05, 0) is 55.7 Å². The lowest BCUT2D eigenvalue weighted by Crippen LogP contribution is -2.52. The van der Waals surface area contributed by atoms with E-state index in [1.165, 1.54) is 24.3 Å². The van der Waals surface area contributed by atoms with Crippen LogP contribution < -0.4 is 9.47 Å². The second-order valence-electron chi connectivity index (χ2n) is 8.30. The van der Waals surface area contributed by atoms with Gasteiger partial charge < -0.3 is 23.8 Å². The van der Waals surface area contributed by atoms with Crippen molar-refractivity contribution in [2.45, 2.75) is 37.4 Å². The van der Waals surface area contributed by atoms with Crippen molar-refractivity contribution >= 4 is 5.91 Å². The van der Waals surface area contributed by atoms with Crippen molar-refractivity contribution < 1.29 is 28.1 Å². The molecule has 0 radical (unpaired) electrons. The van der Waals surface area contributed by atoms with Crippen LogP contribution in [0.4, 0.5) is 4.39 Å². The first-order valence-electron chi connectivity index (χ1n) is 11.2. The quantitative estimate of drug-likeness (QED) is 0.581. The molecule has 2 heterocycles. The van der Waals surface area contributed by atoms with Gasteiger partial charge in [-0.1, -0.05) is 18.2 Å². The van der Waals surface area contributed by atoms with E-state index in [0.29, 0.717) is 38.7 Å². The number of halogens is 1. The second-order valence-corrected chi connectivity index (χ2v) is 8.30. The Morgan fingerprint density at radius 3 is 2.47 bits per heavy atom. The minimum Gasteiger partial charge on any atom is -0.491 e. The van der Waals surface area contributed by atoms with E-state index < -0.39 is 0 Å². The highest BCUT2D eigenvalue weighted by Crippen LogP contribution is 2.36. The SMILES string of the molecule is O=C(COc1ccc(F)cc1)N1CCC2(CC1)CC(OCCOc1ccccc1)CCO2. The fourth-order valence-electron chi connectivity index (χ4n) is 4.30. The first-order valence-corrected chi connectivity index (χ1v) is 11.2. The summed E-state index contributed by atoms with van der Waals surface area (Å²) in [6, 6.07) is 15.4. The molecule has 7 heteroatoms. The fourth-order valence-corrected chi connectivity index (χ4v) is 4.30. The number of amides is 1. The summed E-state index contributed by atoms with van der Waals surface area (Å²) >= 11 is 0. The van der Waals surface area contributed by atoms with E-state index in [9.17, 15) is 9.18 Å². The van der Waals surface area contributed by atoms with Gasteiger partial charge in [0.05, 0.1) is 18.3 Å². The van der Waals surface area contributed by atoms with Crippen molar-refractivity contribution in [2.75, 3.05) is 39.5 Å². The average molecular weight is 444 g/mol. The molecule has 32 heavy (non-hydrogen) atoms. The second kappa shape index (κ2) is 10.8. The van der Waals surface area contributed by atoms with Crippen LogP contribution in [0.15, 0.2) is 54.6 Å². The number of rotatable bonds is 8. The molecule has 1 amide bonds. The Hall–Kier alpha value is -2.64. The third-order valence-electron chi connectivity index (χ3n) is 6.10. The zero-order valence-corrected chi connectivity index (χ0v) is 18.2. The minimum atomic E-state index is -0.330. The molecule has 4 rings (SSSR count). The molecule has 2 aliphatic rings. The van der Waals surface area contributed by atoms with E-state index in [2.05, 4.69) is 0 Å². The zero-order chi connectivity index (χ0) is 22.2. The van der Waals surface area contributed by atoms with Crippen LogP contribution in [0.3, 0.4) is 0 Å². The van der Waals surface area contributed by atoms with Crippen molar-refractivity contribution in [3.8, 4) is 11.5 Å². The van der Waals surface area contributed by atoms with Crippen LogP contribution in [0, 0.1) is 5.82 Å². The molecule has 0 bridgehead atoms. The molecule has 1 atom stereocenters. The maximum Gasteiger partial charge on any atom is 0.260 e. The smallest absolute Gasteiger partial charge is 0.260 e. The van der Waals surface area contributed by atoms with Gasteiger partial charge in [0.1, 0.15) is 23.9 Å². The van der Waals surface area contributed by atoms with Gasteiger partial charge >= 0.3 is 0 Å². The molecule has 2 aromatic carbocycles. The zero-order valence-electron chi connectivity index (χ0n) is 18.2. The summed E-state index contributed by atoms with van der Waals surface area (Å²) in [6.07, 6.45) is 3.44. The number of carbonyl (C=O) groups excluding carboxylic acids is 1. The van der Waals surface area contributed by atoms with Gasteiger partial charge in [0.25, 0.3) is 5.91 Å². The molecule has 0 aromatic heterocycles. The van der Waals surface area contributed by atoms with E-state index >= 15 is 0 Å². The Balaban J connectivity index is 1.17. The summed E-state index contributed by atoms with van der Waals surface area (Å²) in [7, 11) is 0. The fraction of sp³-hybridized carbons (Fsp3) is 0.480. The normalized spacial score (nSPS) is 20.2. The highest BCUT2D eigenvalue weighted by atomic mass is 19.1. The minimum absolute atomic E-state index is 0.0490. The standard InChI is InChI=1S/C25H30FNO5/c26-20-6-8-22(9-7-20)31-19-24(28)27-13-11-25(12-14-27)18-23(10-15-32-25)30-17-16-29-21-4-2-1-3-5-21/h1-9,23H,10-19H2. The van der Waals surface area contributed by atoms with Crippen LogP contribution in [-0.4, -0.2) is 62.0 Å². The van der Waals surface area contributed by atoms with E-state index in [0.717, 1.165) is 31.4 Å². The third kappa shape index (κ3) is 6.20. The molecule has 0 N–H and O–H groups in total. The van der Waals surface area contributed by atoms with Crippen molar-refractivity contribution in [3.63, 3.8) is 0 Å². The van der Waals surface area contributed by atoms with Crippen molar-refractivity contribution in [2.24, 2.45) is 0 Å². The summed E-state index contributed by atoms with van der Waals surface area (Å²) in [6.45, 7) is 2.95. The average Bonchev–Trinajstić information content (AvgIpc) is 2.83. The van der Waals surface area contributed by atoms with Crippen LogP contribution >= 0.6 is 0 Å². The molecule has 1 spiro atoms. The Bertz CT molecular complexity index is 852. The van der Waals surface area contributed by atoms with Gasteiger partial charge in [-0.2, -0.15) is 0 Å². The first kappa shape index (κ1) is 22.6. The number of hydrogen-bond acceptors (Lipinski definition) is 5. The van der Waals surface area contributed by atoms with Crippen LogP contribution in [0.2, 0.25) is 0 Å². The largest absolute Gasteiger partial charge is 0.491 e. The summed E-state index contributed by atoms with van der Waals surface area (Å²) in [5, 5.41) is 0. The number of piperidine rings is 1. The number of hydrogen-bond donors (Lipinski definition) is 0. The number of carbonyl (C=O) groups is 1. The van der Waals surface area contributed by atoms with Crippen LogP contribution in [0.5, 0.6) is 11.5 Å². The van der Waals surface area contributed by atoms with Gasteiger partial charge in [0.15, 0.2) is 6.61 Å². The number of para-hydroxylation sites is 1. The topological polar surface area (TPSA) is 57.2 Å². The maximum atomic E-state index is 13.0. The van der Waals surface area contributed by atoms with E-state index in [1.54, 1.807) is 0 Å². The van der Waals surface area contributed by atoms with Crippen LogP contribution in [-0.2, 0) is 14.3 Å². The number of likely N-dealkylation sites (tertiary alicyclic amines) is 1. The van der Waals surface area contributed by atoms with Gasteiger partial charge in [-0.15, -0.1) is 0 Å². The maximum absolute atomic E-state index is 13.0. The van der Waals surface area contributed by atoms with Crippen molar-refractivity contribution in [1.82, 2.24) is 4.90 Å². The van der Waals surface area contributed by atoms with E-state index in [1.807, 2.05) is 35.2 Å². The molecule has 0 aliphatic carbocycles. The number of nitrogens with zero attached hydrogens (tertiary/aromatic N) is 1.